The van der Waals surface area contributed by atoms with E-state index >= 15 is 0 Å². The van der Waals surface area contributed by atoms with Crippen LogP contribution < -0.4 is 5.32 Å². The van der Waals surface area contributed by atoms with Gasteiger partial charge in [-0.3, -0.25) is 0 Å². The quantitative estimate of drug-likeness (QED) is 0.852. The van der Waals surface area contributed by atoms with Crippen molar-refractivity contribution in [2.45, 2.75) is 46.1 Å². The summed E-state index contributed by atoms with van der Waals surface area (Å²) < 4.78 is 18.6. The second-order valence-corrected chi connectivity index (χ2v) is 6.45. The van der Waals surface area contributed by atoms with Gasteiger partial charge in [0.05, 0.1) is 12.2 Å². The Morgan fingerprint density at radius 1 is 0.909 bits per heavy atom. The SMILES string of the molecule is CC(C)(C)OCc1cccc(CNCc2ccc(F)cc2)c1. The zero-order chi connectivity index (χ0) is 16.0. The average Bonchev–Trinajstić information content (AvgIpc) is 2.47. The molecule has 0 aromatic heterocycles. The third-order valence-corrected chi connectivity index (χ3v) is 3.23. The summed E-state index contributed by atoms with van der Waals surface area (Å²) in [5.74, 6) is -0.199. The van der Waals surface area contributed by atoms with Gasteiger partial charge in [0.15, 0.2) is 0 Å². The van der Waals surface area contributed by atoms with Gasteiger partial charge >= 0.3 is 0 Å². The largest absolute Gasteiger partial charge is 0.371 e. The Morgan fingerprint density at radius 2 is 1.55 bits per heavy atom. The summed E-state index contributed by atoms with van der Waals surface area (Å²) in [6.07, 6.45) is 0. The molecule has 0 heterocycles. The first kappa shape index (κ1) is 16.7. The van der Waals surface area contributed by atoms with E-state index in [1.54, 1.807) is 12.1 Å². The van der Waals surface area contributed by atoms with Crippen LogP contribution in [0.1, 0.15) is 37.5 Å². The van der Waals surface area contributed by atoms with Crippen LogP contribution in [0.15, 0.2) is 48.5 Å². The second kappa shape index (κ2) is 7.52. The van der Waals surface area contributed by atoms with Crippen molar-refractivity contribution in [1.82, 2.24) is 5.32 Å². The van der Waals surface area contributed by atoms with Crippen LogP contribution in [0, 0.1) is 5.82 Å². The van der Waals surface area contributed by atoms with Crippen LogP contribution in [0.3, 0.4) is 0 Å². The first-order valence-corrected chi connectivity index (χ1v) is 7.59. The van der Waals surface area contributed by atoms with E-state index in [2.05, 4.69) is 50.4 Å². The van der Waals surface area contributed by atoms with E-state index in [9.17, 15) is 4.39 Å². The van der Waals surface area contributed by atoms with Crippen LogP contribution in [0.4, 0.5) is 4.39 Å². The van der Waals surface area contributed by atoms with Gasteiger partial charge in [0.1, 0.15) is 5.82 Å². The molecule has 22 heavy (non-hydrogen) atoms. The third-order valence-electron chi connectivity index (χ3n) is 3.23. The predicted molar refractivity (Wildman–Crippen MR) is 87.9 cm³/mol. The van der Waals surface area contributed by atoms with Gasteiger partial charge in [-0.1, -0.05) is 36.4 Å². The van der Waals surface area contributed by atoms with Crippen molar-refractivity contribution in [3.8, 4) is 0 Å². The predicted octanol–water partition coefficient (Wildman–Crippen LogP) is 4.43. The van der Waals surface area contributed by atoms with Gasteiger partial charge in [0, 0.05) is 13.1 Å². The summed E-state index contributed by atoms with van der Waals surface area (Å²) in [6.45, 7) is 8.29. The number of ether oxygens (including phenoxy) is 1. The lowest BCUT2D eigenvalue weighted by atomic mass is 10.1. The topological polar surface area (TPSA) is 21.3 Å². The molecule has 0 saturated carbocycles. The van der Waals surface area contributed by atoms with E-state index in [0.29, 0.717) is 6.61 Å². The Bertz CT molecular complexity index is 587. The molecule has 0 fully saturated rings. The molecule has 0 aliphatic carbocycles. The number of hydrogen-bond donors (Lipinski definition) is 1. The van der Waals surface area contributed by atoms with Crippen molar-refractivity contribution in [2.75, 3.05) is 0 Å². The molecule has 0 radical (unpaired) electrons. The van der Waals surface area contributed by atoms with Crippen molar-refractivity contribution >= 4 is 0 Å². The van der Waals surface area contributed by atoms with E-state index in [1.165, 1.54) is 23.3 Å². The van der Waals surface area contributed by atoms with Crippen molar-refractivity contribution in [3.63, 3.8) is 0 Å². The molecular weight excluding hydrogens is 277 g/mol. The molecule has 118 valence electrons. The Balaban J connectivity index is 1.84. The fraction of sp³-hybridized carbons (Fsp3) is 0.368. The monoisotopic (exact) mass is 301 g/mol. The first-order chi connectivity index (χ1) is 10.4. The number of halogens is 1. The highest BCUT2D eigenvalue weighted by atomic mass is 19.1. The zero-order valence-corrected chi connectivity index (χ0v) is 13.5. The highest BCUT2D eigenvalue weighted by molar-refractivity contribution is 5.23. The smallest absolute Gasteiger partial charge is 0.123 e. The van der Waals surface area contributed by atoms with Crippen LogP contribution in [-0.4, -0.2) is 5.60 Å². The van der Waals surface area contributed by atoms with Gasteiger partial charge < -0.3 is 10.1 Å². The molecule has 3 heteroatoms. The molecule has 0 atom stereocenters. The van der Waals surface area contributed by atoms with Gasteiger partial charge in [-0.15, -0.1) is 0 Å². The van der Waals surface area contributed by atoms with Crippen molar-refractivity contribution < 1.29 is 9.13 Å². The second-order valence-electron chi connectivity index (χ2n) is 6.45. The molecule has 0 unspecified atom stereocenters. The maximum atomic E-state index is 12.8. The van der Waals surface area contributed by atoms with Crippen LogP contribution in [-0.2, 0) is 24.4 Å². The van der Waals surface area contributed by atoms with E-state index in [-0.39, 0.29) is 11.4 Å². The maximum Gasteiger partial charge on any atom is 0.123 e. The summed E-state index contributed by atoms with van der Waals surface area (Å²) >= 11 is 0. The van der Waals surface area contributed by atoms with E-state index in [1.807, 2.05) is 0 Å². The fourth-order valence-corrected chi connectivity index (χ4v) is 2.08. The first-order valence-electron chi connectivity index (χ1n) is 7.59. The van der Waals surface area contributed by atoms with Gasteiger partial charge in [0.2, 0.25) is 0 Å². The van der Waals surface area contributed by atoms with Crippen molar-refractivity contribution in [2.24, 2.45) is 0 Å². The van der Waals surface area contributed by atoms with Gasteiger partial charge in [0.25, 0.3) is 0 Å². The number of rotatable bonds is 6. The standard InChI is InChI=1S/C19H24FNO/c1-19(2,3)22-14-17-6-4-5-16(11-17)13-21-12-15-7-9-18(20)10-8-15/h4-11,21H,12-14H2,1-3H3. The highest BCUT2D eigenvalue weighted by Crippen LogP contribution is 2.13. The summed E-state index contributed by atoms with van der Waals surface area (Å²) in [5.41, 5.74) is 3.35. The molecule has 0 bridgehead atoms. The van der Waals surface area contributed by atoms with Crippen molar-refractivity contribution in [1.29, 1.82) is 0 Å². The number of hydrogen-bond acceptors (Lipinski definition) is 2. The summed E-state index contributed by atoms with van der Waals surface area (Å²) in [5, 5.41) is 3.37. The summed E-state index contributed by atoms with van der Waals surface area (Å²) in [4.78, 5) is 0. The molecule has 1 N–H and O–H groups in total. The Labute approximate surface area is 132 Å². The maximum absolute atomic E-state index is 12.8. The lowest BCUT2D eigenvalue weighted by molar-refractivity contribution is -0.0149. The fourth-order valence-electron chi connectivity index (χ4n) is 2.08. The Kier molecular flexibility index (Phi) is 5.69. The minimum atomic E-state index is -0.199. The van der Waals surface area contributed by atoms with Gasteiger partial charge in [-0.2, -0.15) is 0 Å². The summed E-state index contributed by atoms with van der Waals surface area (Å²) in [6, 6.07) is 15.0. The lowest BCUT2D eigenvalue weighted by Gasteiger charge is -2.19. The molecule has 2 aromatic rings. The zero-order valence-electron chi connectivity index (χ0n) is 13.5. The highest BCUT2D eigenvalue weighted by Gasteiger charge is 2.10. The van der Waals surface area contributed by atoms with E-state index < -0.39 is 0 Å². The van der Waals surface area contributed by atoms with E-state index in [4.69, 9.17) is 4.74 Å². The lowest BCUT2D eigenvalue weighted by Crippen LogP contribution is -2.18. The van der Waals surface area contributed by atoms with Crippen LogP contribution >= 0.6 is 0 Å². The number of benzene rings is 2. The molecular formula is C19H24FNO. The normalized spacial score (nSPS) is 11.6. The van der Waals surface area contributed by atoms with Crippen LogP contribution in [0.2, 0.25) is 0 Å². The molecule has 2 rings (SSSR count). The molecule has 0 amide bonds. The minimum Gasteiger partial charge on any atom is -0.371 e. The average molecular weight is 301 g/mol. The molecule has 0 saturated heterocycles. The van der Waals surface area contributed by atoms with Gasteiger partial charge in [-0.25, -0.2) is 4.39 Å². The van der Waals surface area contributed by atoms with Gasteiger partial charge in [-0.05, 0) is 49.6 Å². The van der Waals surface area contributed by atoms with Crippen LogP contribution in [0.5, 0.6) is 0 Å². The third kappa shape index (κ3) is 5.96. The Morgan fingerprint density at radius 3 is 2.23 bits per heavy atom. The molecule has 0 aliphatic heterocycles. The van der Waals surface area contributed by atoms with Crippen molar-refractivity contribution in [3.05, 3.63) is 71.0 Å². The number of nitrogens with one attached hydrogen (secondary N) is 1. The summed E-state index contributed by atoms with van der Waals surface area (Å²) in [7, 11) is 0. The molecule has 2 nitrogen and oxygen atoms in total. The Hall–Kier alpha value is -1.71. The molecule has 0 spiro atoms. The van der Waals surface area contributed by atoms with Crippen LogP contribution in [0.25, 0.3) is 0 Å². The van der Waals surface area contributed by atoms with E-state index in [0.717, 1.165) is 18.7 Å². The molecule has 2 aromatic carbocycles. The minimum absolute atomic E-state index is 0.128. The molecule has 0 aliphatic rings.